The van der Waals surface area contributed by atoms with Crippen LogP contribution in [0, 0.1) is 25.2 Å². The second-order valence-corrected chi connectivity index (χ2v) is 4.91. The van der Waals surface area contributed by atoms with Gasteiger partial charge < -0.3 is 0 Å². The van der Waals surface area contributed by atoms with Crippen molar-refractivity contribution in [3.05, 3.63) is 82.9 Å². The Labute approximate surface area is 120 Å². The molecule has 2 aromatic carbocycles. The van der Waals surface area contributed by atoms with Crippen LogP contribution < -0.4 is 0 Å². The van der Waals surface area contributed by atoms with Crippen molar-refractivity contribution in [2.45, 2.75) is 13.8 Å². The third-order valence-corrected chi connectivity index (χ3v) is 3.24. The number of nitriles is 1. The number of hydrogen-bond donors (Lipinski definition) is 0. The first kappa shape index (κ1) is 13.8. The standard InChI is InChI=1S/C19H17N/c1-14-4-11-19(16(3)12-14)15(2)5-6-17-7-9-18(13-20)10-8-17/h4-12H,2H2,1,3H3/b6-5+. The molecule has 0 saturated carbocycles. The quantitative estimate of drug-likeness (QED) is 0.719. The molecular formula is C19H17N. The highest BCUT2D eigenvalue weighted by atomic mass is 14.2. The Kier molecular flexibility index (Phi) is 4.17. The SMILES string of the molecule is C=C(/C=C/c1ccc(C#N)cc1)c1ccc(C)cc1C. The van der Waals surface area contributed by atoms with Gasteiger partial charge in [-0.15, -0.1) is 0 Å². The summed E-state index contributed by atoms with van der Waals surface area (Å²) in [5.41, 5.74) is 6.40. The molecule has 20 heavy (non-hydrogen) atoms. The molecule has 0 radical (unpaired) electrons. The molecule has 0 aliphatic heterocycles. The van der Waals surface area contributed by atoms with Gasteiger partial charge in [0.15, 0.2) is 0 Å². The van der Waals surface area contributed by atoms with Crippen molar-refractivity contribution in [1.82, 2.24) is 0 Å². The van der Waals surface area contributed by atoms with Gasteiger partial charge in [0.1, 0.15) is 0 Å². The second-order valence-electron chi connectivity index (χ2n) is 4.91. The van der Waals surface area contributed by atoms with Gasteiger partial charge in [-0.05, 0) is 48.2 Å². The van der Waals surface area contributed by atoms with E-state index in [1.807, 2.05) is 36.4 Å². The minimum absolute atomic E-state index is 0.676. The fraction of sp³-hybridized carbons (Fsp3) is 0.105. The van der Waals surface area contributed by atoms with Gasteiger partial charge in [-0.3, -0.25) is 0 Å². The first-order valence-corrected chi connectivity index (χ1v) is 6.55. The molecular weight excluding hydrogens is 242 g/mol. The highest BCUT2D eigenvalue weighted by Crippen LogP contribution is 2.20. The molecule has 98 valence electrons. The molecule has 1 nitrogen and oxygen atoms in total. The first-order valence-electron chi connectivity index (χ1n) is 6.55. The van der Waals surface area contributed by atoms with Crippen LogP contribution in [0.4, 0.5) is 0 Å². The molecule has 0 N–H and O–H groups in total. The average molecular weight is 259 g/mol. The Bertz CT molecular complexity index is 698. The summed E-state index contributed by atoms with van der Waals surface area (Å²) in [7, 11) is 0. The zero-order valence-electron chi connectivity index (χ0n) is 11.9. The number of aryl methyl sites for hydroxylation is 2. The van der Waals surface area contributed by atoms with Crippen LogP contribution in [-0.4, -0.2) is 0 Å². The Balaban J connectivity index is 2.18. The summed E-state index contributed by atoms with van der Waals surface area (Å²) in [5.74, 6) is 0. The molecule has 0 atom stereocenters. The van der Waals surface area contributed by atoms with Gasteiger partial charge in [0.2, 0.25) is 0 Å². The van der Waals surface area contributed by atoms with Crippen molar-refractivity contribution in [1.29, 1.82) is 5.26 Å². The second kappa shape index (κ2) is 6.04. The molecule has 0 bridgehead atoms. The number of nitrogens with zero attached hydrogens (tertiary/aromatic N) is 1. The third-order valence-electron chi connectivity index (χ3n) is 3.24. The Morgan fingerprint density at radius 2 is 1.80 bits per heavy atom. The van der Waals surface area contributed by atoms with E-state index in [9.17, 15) is 0 Å². The van der Waals surface area contributed by atoms with Crippen molar-refractivity contribution < 1.29 is 0 Å². The Morgan fingerprint density at radius 1 is 1.10 bits per heavy atom. The topological polar surface area (TPSA) is 23.8 Å². The zero-order valence-corrected chi connectivity index (χ0v) is 11.9. The zero-order chi connectivity index (χ0) is 14.5. The summed E-state index contributed by atoms with van der Waals surface area (Å²) in [4.78, 5) is 0. The van der Waals surface area contributed by atoms with E-state index in [1.165, 1.54) is 16.7 Å². The van der Waals surface area contributed by atoms with Crippen molar-refractivity contribution in [2.24, 2.45) is 0 Å². The lowest BCUT2D eigenvalue weighted by atomic mass is 9.99. The maximum atomic E-state index is 8.77. The average Bonchev–Trinajstić information content (AvgIpc) is 2.45. The predicted molar refractivity (Wildman–Crippen MR) is 85.1 cm³/mol. The van der Waals surface area contributed by atoms with Gasteiger partial charge in [0.05, 0.1) is 11.6 Å². The van der Waals surface area contributed by atoms with Crippen molar-refractivity contribution in [3.8, 4) is 6.07 Å². The highest BCUT2D eigenvalue weighted by Gasteiger charge is 2.00. The number of allylic oxidation sites excluding steroid dienone is 2. The summed E-state index contributed by atoms with van der Waals surface area (Å²) in [5, 5.41) is 8.77. The van der Waals surface area contributed by atoms with Crippen LogP contribution in [0.1, 0.15) is 27.8 Å². The van der Waals surface area contributed by atoms with Gasteiger partial charge in [-0.2, -0.15) is 5.26 Å². The van der Waals surface area contributed by atoms with Crippen LogP contribution in [0.5, 0.6) is 0 Å². The predicted octanol–water partition coefficient (Wildman–Crippen LogP) is 4.90. The maximum absolute atomic E-state index is 8.77. The molecule has 2 aromatic rings. The Morgan fingerprint density at radius 3 is 2.40 bits per heavy atom. The largest absolute Gasteiger partial charge is 0.192 e. The van der Waals surface area contributed by atoms with E-state index in [2.05, 4.69) is 44.7 Å². The van der Waals surface area contributed by atoms with Gasteiger partial charge in [0.25, 0.3) is 0 Å². The molecule has 1 heteroatoms. The van der Waals surface area contributed by atoms with E-state index in [-0.39, 0.29) is 0 Å². The van der Waals surface area contributed by atoms with Crippen LogP contribution >= 0.6 is 0 Å². The molecule has 0 aromatic heterocycles. The van der Waals surface area contributed by atoms with Crippen molar-refractivity contribution in [3.63, 3.8) is 0 Å². The van der Waals surface area contributed by atoms with Gasteiger partial charge in [0, 0.05) is 0 Å². The molecule has 0 aliphatic carbocycles. The monoisotopic (exact) mass is 259 g/mol. The third kappa shape index (κ3) is 3.24. The molecule has 0 unspecified atom stereocenters. The van der Waals surface area contributed by atoms with Crippen LogP contribution in [0.25, 0.3) is 11.6 Å². The van der Waals surface area contributed by atoms with E-state index in [4.69, 9.17) is 5.26 Å². The lowest BCUT2D eigenvalue weighted by Gasteiger charge is -2.06. The van der Waals surface area contributed by atoms with Crippen LogP contribution in [0.2, 0.25) is 0 Å². The summed E-state index contributed by atoms with van der Waals surface area (Å²) < 4.78 is 0. The van der Waals surface area contributed by atoms with Gasteiger partial charge >= 0.3 is 0 Å². The molecule has 0 heterocycles. The molecule has 0 saturated heterocycles. The normalized spacial score (nSPS) is 10.4. The summed E-state index contributed by atoms with van der Waals surface area (Å²) >= 11 is 0. The molecule has 0 spiro atoms. The minimum atomic E-state index is 0.676. The van der Waals surface area contributed by atoms with Crippen LogP contribution in [0.3, 0.4) is 0 Å². The van der Waals surface area contributed by atoms with Crippen LogP contribution in [-0.2, 0) is 0 Å². The number of hydrogen-bond acceptors (Lipinski definition) is 1. The van der Waals surface area contributed by atoms with Crippen molar-refractivity contribution >= 4 is 11.6 Å². The lowest BCUT2D eigenvalue weighted by molar-refractivity contribution is 1.36. The molecule has 0 fully saturated rings. The summed E-state index contributed by atoms with van der Waals surface area (Å²) in [6.07, 6.45) is 4.03. The van der Waals surface area contributed by atoms with E-state index in [0.29, 0.717) is 5.56 Å². The lowest BCUT2D eigenvalue weighted by Crippen LogP contribution is -1.86. The minimum Gasteiger partial charge on any atom is -0.192 e. The first-order chi connectivity index (χ1) is 9.60. The van der Waals surface area contributed by atoms with E-state index < -0.39 is 0 Å². The smallest absolute Gasteiger partial charge is 0.0991 e. The number of rotatable bonds is 3. The highest BCUT2D eigenvalue weighted by molar-refractivity contribution is 5.78. The summed E-state index contributed by atoms with van der Waals surface area (Å²) in [6.45, 7) is 8.31. The van der Waals surface area contributed by atoms with E-state index in [1.54, 1.807) is 0 Å². The molecule has 0 aliphatic rings. The fourth-order valence-corrected chi connectivity index (χ4v) is 2.13. The maximum Gasteiger partial charge on any atom is 0.0991 e. The van der Waals surface area contributed by atoms with E-state index >= 15 is 0 Å². The van der Waals surface area contributed by atoms with E-state index in [0.717, 1.165) is 11.1 Å². The molecule has 2 rings (SSSR count). The van der Waals surface area contributed by atoms with Gasteiger partial charge in [-0.1, -0.05) is 54.6 Å². The molecule has 0 amide bonds. The fourth-order valence-electron chi connectivity index (χ4n) is 2.13. The Hall–Kier alpha value is -2.59. The van der Waals surface area contributed by atoms with Crippen LogP contribution in [0.15, 0.2) is 55.1 Å². The summed E-state index contributed by atoms with van der Waals surface area (Å²) in [6, 6.07) is 16.0. The van der Waals surface area contributed by atoms with Gasteiger partial charge in [-0.25, -0.2) is 0 Å². The van der Waals surface area contributed by atoms with Crippen molar-refractivity contribution in [2.75, 3.05) is 0 Å². The number of benzene rings is 2.